The van der Waals surface area contributed by atoms with Gasteiger partial charge in [0, 0.05) is 13.2 Å². The molecule has 0 radical (unpaired) electrons. The summed E-state index contributed by atoms with van der Waals surface area (Å²) in [4.78, 5) is 4.27. The molecule has 0 aliphatic rings. The van der Waals surface area contributed by atoms with E-state index in [2.05, 4.69) is 37.3 Å². The lowest BCUT2D eigenvalue weighted by molar-refractivity contribution is 0.746. The lowest BCUT2D eigenvalue weighted by Crippen LogP contribution is -1.89. The highest BCUT2D eigenvalue weighted by molar-refractivity contribution is 9.10. The Labute approximate surface area is 94.3 Å². The molecule has 2 rings (SSSR count). The van der Waals surface area contributed by atoms with E-state index in [4.69, 9.17) is 0 Å². The van der Waals surface area contributed by atoms with Crippen LogP contribution in [0.25, 0.3) is 10.6 Å². The van der Waals surface area contributed by atoms with Crippen LogP contribution in [-0.2, 0) is 13.5 Å². The topological polar surface area (TPSA) is 43.6 Å². The van der Waals surface area contributed by atoms with E-state index in [-0.39, 0.29) is 0 Å². The molecule has 0 saturated carbocycles. The highest BCUT2D eigenvalue weighted by Crippen LogP contribution is 2.26. The van der Waals surface area contributed by atoms with Gasteiger partial charge in [-0.2, -0.15) is 9.47 Å². The highest BCUT2D eigenvalue weighted by Gasteiger charge is 2.12. The summed E-state index contributed by atoms with van der Waals surface area (Å²) in [7, 11) is 1.92. The summed E-state index contributed by atoms with van der Waals surface area (Å²) >= 11 is 4.63. The molecular formula is C8H9BrN4S. The molecule has 0 saturated heterocycles. The minimum Gasteiger partial charge on any atom is -0.275 e. The zero-order valence-electron chi connectivity index (χ0n) is 7.86. The van der Waals surface area contributed by atoms with Crippen LogP contribution in [-0.4, -0.2) is 19.1 Å². The van der Waals surface area contributed by atoms with E-state index >= 15 is 0 Å². The Bertz CT molecular complexity index is 448. The number of rotatable bonds is 2. The first-order chi connectivity index (χ1) is 6.70. The van der Waals surface area contributed by atoms with E-state index in [1.807, 2.05) is 17.9 Å². The van der Waals surface area contributed by atoms with Gasteiger partial charge in [-0.1, -0.05) is 6.92 Å². The largest absolute Gasteiger partial charge is 0.275 e. The molecule has 14 heavy (non-hydrogen) atoms. The van der Waals surface area contributed by atoms with Gasteiger partial charge in [-0.3, -0.25) is 4.68 Å². The van der Waals surface area contributed by atoms with E-state index in [1.165, 1.54) is 11.5 Å². The Balaban J connectivity index is 2.49. The summed E-state index contributed by atoms with van der Waals surface area (Å²) in [5, 5.41) is 5.27. The van der Waals surface area contributed by atoms with Crippen LogP contribution in [0.2, 0.25) is 0 Å². The van der Waals surface area contributed by atoms with Gasteiger partial charge in [0.1, 0.15) is 5.01 Å². The van der Waals surface area contributed by atoms with Gasteiger partial charge in [0.15, 0.2) is 0 Å². The van der Waals surface area contributed by atoms with Crippen LogP contribution in [0.1, 0.15) is 12.6 Å². The number of hydrogen-bond acceptors (Lipinski definition) is 4. The van der Waals surface area contributed by atoms with Gasteiger partial charge >= 0.3 is 0 Å². The first-order valence-corrected chi connectivity index (χ1v) is 5.79. The first-order valence-electron chi connectivity index (χ1n) is 4.22. The predicted molar refractivity (Wildman–Crippen MR) is 59.2 cm³/mol. The molecule has 2 aromatic rings. The zero-order chi connectivity index (χ0) is 10.1. The Morgan fingerprint density at radius 1 is 1.57 bits per heavy atom. The van der Waals surface area contributed by atoms with Crippen molar-refractivity contribution in [2.45, 2.75) is 13.3 Å². The molecule has 2 heterocycles. The molecule has 0 spiro atoms. The Hall–Kier alpha value is -0.750. The van der Waals surface area contributed by atoms with Crippen molar-refractivity contribution >= 4 is 27.5 Å². The lowest BCUT2D eigenvalue weighted by atomic mass is 10.2. The molecule has 0 aliphatic heterocycles. The maximum Gasteiger partial charge on any atom is 0.209 e. The Morgan fingerprint density at radius 3 is 2.93 bits per heavy atom. The first kappa shape index (κ1) is 9.79. The molecule has 0 atom stereocenters. The number of aryl methyl sites for hydroxylation is 2. The minimum atomic E-state index is 0.642. The average molecular weight is 273 g/mol. The van der Waals surface area contributed by atoms with Gasteiger partial charge < -0.3 is 0 Å². The SMILES string of the molecule is CCc1nn(C)cc1-c1nc(Br)ns1. The maximum absolute atomic E-state index is 4.36. The monoisotopic (exact) mass is 272 g/mol. The van der Waals surface area contributed by atoms with Gasteiger partial charge in [-0.15, -0.1) is 0 Å². The smallest absolute Gasteiger partial charge is 0.209 e. The van der Waals surface area contributed by atoms with Crippen LogP contribution >= 0.6 is 27.5 Å². The molecule has 0 amide bonds. The standard InChI is InChI=1S/C8H9BrN4S/c1-3-6-5(4-13(2)11-6)7-10-8(9)12-14-7/h4H,3H2,1-2H3. The van der Waals surface area contributed by atoms with Crippen molar-refractivity contribution in [1.82, 2.24) is 19.1 Å². The van der Waals surface area contributed by atoms with Crippen LogP contribution in [0.4, 0.5) is 0 Å². The van der Waals surface area contributed by atoms with Gasteiger partial charge in [-0.25, -0.2) is 4.98 Å². The molecule has 4 nitrogen and oxygen atoms in total. The number of hydrogen-bond donors (Lipinski definition) is 0. The van der Waals surface area contributed by atoms with E-state index in [0.717, 1.165) is 22.7 Å². The average Bonchev–Trinajstić information content (AvgIpc) is 2.71. The van der Waals surface area contributed by atoms with Gasteiger partial charge in [0.2, 0.25) is 4.73 Å². The summed E-state index contributed by atoms with van der Waals surface area (Å²) < 4.78 is 6.54. The zero-order valence-corrected chi connectivity index (χ0v) is 10.3. The molecule has 0 N–H and O–H groups in total. The van der Waals surface area contributed by atoms with E-state index in [9.17, 15) is 0 Å². The molecule has 6 heteroatoms. The summed E-state index contributed by atoms with van der Waals surface area (Å²) in [6.07, 6.45) is 2.89. The second kappa shape index (κ2) is 3.78. The Morgan fingerprint density at radius 2 is 2.36 bits per heavy atom. The summed E-state index contributed by atoms with van der Waals surface area (Å²) in [5.41, 5.74) is 2.15. The number of halogens is 1. The van der Waals surface area contributed by atoms with Crippen LogP contribution in [0, 0.1) is 0 Å². The third-order valence-corrected chi connectivity index (χ3v) is 3.21. The number of nitrogens with zero attached hydrogens (tertiary/aromatic N) is 4. The van der Waals surface area contributed by atoms with E-state index < -0.39 is 0 Å². The molecule has 74 valence electrons. The molecule has 0 aliphatic carbocycles. The molecule has 2 aromatic heterocycles. The second-order valence-corrected chi connectivity index (χ2v) is 4.35. The van der Waals surface area contributed by atoms with Crippen molar-refractivity contribution in [2.24, 2.45) is 7.05 Å². The minimum absolute atomic E-state index is 0.642. The maximum atomic E-state index is 4.36. The van der Waals surface area contributed by atoms with Gasteiger partial charge in [0.05, 0.1) is 11.3 Å². The van der Waals surface area contributed by atoms with Crippen LogP contribution in [0.5, 0.6) is 0 Å². The van der Waals surface area contributed by atoms with Crippen LogP contribution < -0.4 is 0 Å². The highest BCUT2D eigenvalue weighted by atomic mass is 79.9. The molecule has 0 bridgehead atoms. The van der Waals surface area contributed by atoms with Crippen molar-refractivity contribution in [1.29, 1.82) is 0 Å². The van der Waals surface area contributed by atoms with Gasteiger partial charge in [-0.05, 0) is 33.9 Å². The summed E-state index contributed by atoms with van der Waals surface area (Å²) in [6, 6.07) is 0. The third-order valence-electron chi connectivity index (χ3n) is 1.87. The summed E-state index contributed by atoms with van der Waals surface area (Å²) in [5.74, 6) is 0. The van der Waals surface area contributed by atoms with Crippen molar-refractivity contribution in [3.63, 3.8) is 0 Å². The van der Waals surface area contributed by atoms with Crippen molar-refractivity contribution in [2.75, 3.05) is 0 Å². The van der Waals surface area contributed by atoms with E-state index in [0.29, 0.717) is 4.73 Å². The number of aromatic nitrogens is 4. The van der Waals surface area contributed by atoms with E-state index in [1.54, 1.807) is 0 Å². The Kier molecular flexibility index (Phi) is 2.64. The summed E-state index contributed by atoms with van der Waals surface area (Å²) in [6.45, 7) is 2.09. The quantitative estimate of drug-likeness (QED) is 0.843. The fraction of sp³-hybridized carbons (Fsp3) is 0.375. The van der Waals surface area contributed by atoms with Crippen molar-refractivity contribution < 1.29 is 0 Å². The molecular weight excluding hydrogens is 264 g/mol. The fourth-order valence-corrected chi connectivity index (χ4v) is 2.40. The molecule has 0 aromatic carbocycles. The lowest BCUT2D eigenvalue weighted by Gasteiger charge is -1.91. The van der Waals surface area contributed by atoms with Crippen LogP contribution in [0.15, 0.2) is 10.9 Å². The second-order valence-electron chi connectivity index (χ2n) is 2.89. The third kappa shape index (κ3) is 1.72. The normalized spacial score (nSPS) is 10.8. The van der Waals surface area contributed by atoms with Crippen molar-refractivity contribution in [3.05, 3.63) is 16.6 Å². The molecule has 0 fully saturated rings. The van der Waals surface area contributed by atoms with Crippen LogP contribution in [0.3, 0.4) is 0 Å². The predicted octanol–water partition coefficient (Wildman–Crippen LogP) is 2.26. The molecule has 0 unspecified atom stereocenters. The van der Waals surface area contributed by atoms with Crippen molar-refractivity contribution in [3.8, 4) is 10.6 Å². The van der Waals surface area contributed by atoms with Gasteiger partial charge in [0.25, 0.3) is 0 Å². The fourth-order valence-electron chi connectivity index (χ4n) is 1.29.